The number of thiazole rings is 1. The van der Waals surface area contributed by atoms with Gasteiger partial charge in [-0.05, 0) is 32.1 Å². The van der Waals surface area contributed by atoms with Gasteiger partial charge < -0.3 is 4.74 Å². The zero-order valence-electron chi connectivity index (χ0n) is 12.8. The van der Waals surface area contributed by atoms with Gasteiger partial charge in [0.25, 0.3) is 5.56 Å². The van der Waals surface area contributed by atoms with Crippen LogP contribution < -0.4 is 5.56 Å². The minimum absolute atomic E-state index is 0.0657. The fourth-order valence-corrected chi connectivity index (χ4v) is 4.00. The van der Waals surface area contributed by atoms with Crippen LogP contribution in [0.15, 0.2) is 10.9 Å². The van der Waals surface area contributed by atoms with E-state index in [0.29, 0.717) is 12.1 Å². The van der Waals surface area contributed by atoms with Gasteiger partial charge in [-0.1, -0.05) is 13.3 Å². The molecular formula is C16H20N2O3S. The number of hydrogen-bond donors (Lipinski definition) is 0. The second-order valence-corrected chi connectivity index (χ2v) is 6.71. The highest BCUT2D eigenvalue weighted by Crippen LogP contribution is 2.28. The van der Waals surface area contributed by atoms with E-state index in [9.17, 15) is 9.59 Å². The first-order chi connectivity index (χ1) is 10.7. The van der Waals surface area contributed by atoms with E-state index in [-0.39, 0.29) is 18.1 Å². The zero-order valence-corrected chi connectivity index (χ0v) is 13.6. The number of carbonyl (C=O) groups is 1. The predicted molar refractivity (Wildman–Crippen MR) is 85.3 cm³/mol. The third-order valence-corrected chi connectivity index (χ3v) is 5.07. The van der Waals surface area contributed by atoms with Crippen LogP contribution in [0.1, 0.15) is 55.3 Å². The Hall–Kier alpha value is -1.69. The highest BCUT2D eigenvalue weighted by Gasteiger charge is 2.18. The van der Waals surface area contributed by atoms with E-state index in [4.69, 9.17) is 4.74 Å². The molecule has 0 aliphatic heterocycles. The van der Waals surface area contributed by atoms with Crippen molar-refractivity contribution in [2.24, 2.45) is 0 Å². The van der Waals surface area contributed by atoms with Gasteiger partial charge in [-0.2, -0.15) is 0 Å². The van der Waals surface area contributed by atoms with Crippen LogP contribution >= 0.6 is 11.3 Å². The summed E-state index contributed by atoms with van der Waals surface area (Å²) in [6.45, 7) is 2.11. The topological polar surface area (TPSA) is 60.7 Å². The normalized spacial score (nSPS) is 14.0. The summed E-state index contributed by atoms with van der Waals surface area (Å²) >= 11 is 1.59. The van der Waals surface area contributed by atoms with Crippen molar-refractivity contribution < 1.29 is 9.53 Å². The molecule has 1 aliphatic carbocycles. The Bertz CT molecular complexity index is 748. The summed E-state index contributed by atoms with van der Waals surface area (Å²) in [6, 6.07) is 1.49. The molecule has 0 bridgehead atoms. The highest BCUT2D eigenvalue weighted by molar-refractivity contribution is 7.17. The molecule has 0 saturated heterocycles. The molecule has 0 aromatic carbocycles. The van der Waals surface area contributed by atoms with E-state index in [1.165, 1.54) is 17.4 Å². The Kier molecular flexibility index (Phi) is 4.57. The van der Waals surface area contributed by atoms with Crippen molar-refractivity contribution in [3.05, 3.63) is 32.7 Å². The van der Waals surface area contributed by atoms with Crippen molar-refractivity contribution in [2.45, 2.75) is 58.5 Å². The van der Waals surface area contributed by atoms with Crippen LogP contribution in [0.25, 0.3) is 4.96 Å². The highest BCUT2D eigenvalue weighted by atomic mass is 32.1. The Morgan fingerprint density at radius 2 is 2.23 bits per heavy atom. The number of carbonyl (C=O) groups excluding carboxylic acids is 1. The Morgan fingerprint density at radius 1 is 1.41 bits per heavy atom. The molecule has 2 heterocycles. The van der Waals surface area contributed by atoms with Gasteiger partial charge >= 0.3 is 5.97 Å². The van der Waals surface area contributed by atoms with Crippen LogP contribution in [0.4, 0.5) is 0 Å². The average molecular weight is 320 g/mol. The zero-order chi connectivity index (χ0) is 15.5. The lowest BCUT2D eigenvalue weighted by atomic mass is 10.0. The molecule has 3 rings (SSSR count). The summed E-state index contributed by atoms with van der Waals surface area (Å²) in [5.74, 6) is -0.227. The Labute approximate surface area is 133 Å². The molecule has 0 atom stereocenters. The first-order valence-corrected chi connectivity index (χ1v) is 8.69. The van der Waals surface area contributed by atoms with E-state index in [0.717, 1.165) is 42.8 Å². The number of nitrogens with zero attached hydrogens (tertiary/aromatic N) is 2. The van der Waals surface area contributed by atoms with Crippen molar-refractivity contribution in [2.75, 3.05) is 0 Å². The minimum Gasteiger partial charge on any atom is -0.459 e. The third-order valence-electron chi connectivity index (χ3n) is 3.93. The van der Waals surface area contributed by atoms with Gasteiger partial charge in [0.2, 0.25) is 0 Å². The van der Waals surface area contributed by atoms with Crippen LogP contribution in [0.2, 0.25) is 0 Å². The fourth-order valence-electron chi connectivity index (χ4n) is 2.76. The maximum absolute atomic E-state index is 12.3. The lowest BCUT2D eigenvalue weighted by molar-refractivity contribution is -0.145. The van der Waals surface area contributed by atoms with Crippen LogP contribution in [-0.2, 0) is 29.0 Å². The van der Waals surface area contributed by atoms with E-state index < -0.39 is 0 Å². The van der Waals surface area contributed by atoms with Gasteiger partial charge in [0.1, 0.15) is 6.61 Å². The summed E-state index contributed by atoms with van der Waals surface area (Å²) in [7, 11) is 0. The second-order valence-electron chi connectivity index (χ2n) is 5.65. The molecule has 6 heteroatoms. The van der Waals surface area contributed by atoms with Gasteiger partial charge in [0.15, 0.2) is 4.96 Å². The van der Waals surface area contributed by atoms with E-state index in [1.807, 2.05) is 6.92 Å². The summed E-state index contributed by atoms with van der Waals surface area (Å²) in [5, 5.41) is 0. The number of aryl methyl sites for hydroxylation is 2. The standard InChI is InChI=1S/C16H20N2O3S/c1-2-3-8-15(20)21-10-11-9-14(19)18-12-6-4-5-7-13(12)22-16(18)17-11/h9H,2-8,10H2,1H3. The number of esters is 1. The molecule has 0 fully saturated rings. The molecule has 5 nitrogen and oxygen atoms in total. The molecule has 22 heavy (non-hydrogen) atoms. The summed E-state index contributed by atoms with van der Waals surface area (Å²) in [4.78, 5) is 30.4. The summed E-state index contributed by atoms with van der Waals surface area (Å²) < 4.78 is 6.91. The van der Waals surface area contributed by atoms with Crippen LogP contribution in [0, 0.1) is 0 Å². The first kappa shape index (κ1) is 15.2. The maximum atomic E-state index is 12.3. The number of ether oxygens (including phenoxy) is 1. The minimum atomic E-state index is -0.227. The van der Waals surface area contributed by atoms with Crippen LogP contribution in [0.3, 0.4) is 0 Å². The number of hydrogen-bond acceptors (Lipinski definition) is 5. The molecule has 0 amide bonds. The molecule has 118 valence electrons. The van der Waals surface area contributed by atoms with Crippen LogP contribution in [0.5, 0.6) is 0 Å². The molecule has 0 saturated carbocycles. The molecule has 1 aliphatic rings. The number of fused-ring (bicyclic) bond motifs is 3. The van der Waals surface area contributed by atoms with Crippen molar-refractivity contribution in [3.63, 3.8) is 0 Å². The second kappa shape index (κ2) is 6.60. The summed E-state index contributed by atoms with van der Waals surface area (Å²) in [5.41, 5.74) is 1.59. The molecule has 2 aromatic heterocycles. The average Bonchev–Trinajstić information content (AvgIpc) is 2.89. The largest absolute Gasteiger partial charge is 0.459 e. The monoisotopic (exact) mass is 320 g/mol. The fraction of sp³-hybridized carbons (Fsp3) is 0.562. The molecule has 0 unspecified atom stereocenters. The number of rotatable bonds is 5. The molecular weight excluding hydrogens is 300 g/mol. The number of unbranched alkanes of at least 4 members (excludes halogenated alkanes) is 1. The number of aromatic nitrogens is 2. The van der Waals surface area contributed by atoms with Crippen molar-refractivity contribution >= 4 is 22.3 Å². The van der Waals surface area contributed by atoms with Gasteiger partial charge in [0.05, 0.1) is 5.69 Å². The predicted octanol–water partition coefficient (Wildman–Crippen LogP) is 2.87. The molecule has 2 aromatic rings. The van der Waals surface area contributed by atoms with Crippen molar-refractivity contribution in [1.29, 1.82) is 0 Å². The van der Waals surface area contributed by atoms with Crippen LogP contribution in [-0.4, -0.2) is 15.4 Å². The van der Waals surface area contributed by atoms with Gasteiger partial charge in [-0.25, -0.2) is 4.98 Å². The van der Waals surface area contributed by atoms with Crippen molar-refractivity contribution in [1.82, 2.24) is 9.38 Å². The summed E-state index contributed by atoms with van der Waals surface area (Å²) in [6.07, 6.45) is 6.49. The van der Waals surface area contributed by atoms with Gasteiger partial charge in [-0.15, -0.1) is 11.3 Å². The Morgan fingerprint density at radius 3 is 3.05 bits per heavy atom. The van der Waals surface area contributed by atoms with Gasteiger partial charge in [0, 0.05) is 23.1 Å². The molecule has 0 N–H and O–H groups in total. The maximum Gasteiger partial charge on any atom is 0.306 e. The van der Waals surface area contributed by atoms with E-state index in [1.54, 1.807) is 15.7 Å². The SMILES string of the molecule is CCCCC(=O)OCc1cc(=O)n2c3c(sc2n1)CCCC3. The van der Waals surface area contributed by atoms with Crippen molar-refractivity contribution in [3.8, 4) is 0 Å². The Balaban J connectivity index is 1.81. The van der Waals surface area contributed by atoms with Gasteiger partial charge in [-0.3, -0.25) is 14.0 Å². The smallest absolute Gasteiger partial charge is 0.306 e. The lowest BCUT2D eigenvalue weighted by Gasteiger charge is -2.10. The quantitative estimate of drug-likeness (QED) is 0.795. The lowest BCUT2D eigenvalue weighted by Crippen LogP contribution is -2.18. The molecule has 0 spiro atoms. The third kappa shape index (κ3) is 3.06. The molecule has 0 radical (unpaired) electrons. The van der Waals surface area contributed by atoms with E-state index >= 15 is 0 Å². The first-order valence-electron chi connectivity index (χ1n) is 7.88. The van der Waals surface area contributed by atoms with E-state index in [2.05, 4.69) is 4.98 Å².